The molecular formula is C19H22N4O3. The summed E-state index contributed by atoms with van der Waals surface area (Å²) in [5.41, 5.74) is 7.25. The fraction of sp³-hybridized carbons (Fsp3) is 0.316. The second kappa shape index (κ2) is 7.53. The SMILES string of the molecule is CCCNC(=O)c1c(N)c2cccc(C3C=NC=CC3OC)c2[nH]c1=O. The Morgan fingerprint density at radius 2 is 2.23 bits per heavy atom. The van der Waals surface area contributed by atoms with Crippen LogP contribution >= 0.6 is 0 Å². The van der Waals surface area contributed by atoms with Crippen LogP contribution in [0.3, 0.4) is 0 Å². The van der Waals surface area contributed by atoms with Crippen molar-refractivity contribution in [1.29, 1.82) is 0 Å². The van der Waals surface area contributed by atoms with Crippen LogP contribution in [0.2, 0.25) is 0 Å². The average molecular weight is 354 g/mol. The number of aromatic nitrogens is 1. The summed E-state index contributed by atoms with van der Waals surface area (Å²) < 4.78 is 5.51. The molecule has 7 heteroatoms. The molecule has 0 bridgehead atoms. The number of anilines is 1. The van der Waals surface area contributed by atoms with Crippen molar-refractivity contribution in [2.75, 3.05) is 19.4 Å². The summed E-state index contributed by atoms with van der Waals surface area (Å²) in [5.74, 6) is -0.627. The second-order valence-electron chi connectivity index (χ2n) is 6.13. The van der Waals surface area contributed by atoms with Crippen LogP contribution in [0.5, 0.6) is 0 Å². The van der Waals surface area contributed by atoms with Gasteiger partial charge in [-0.3, -0.25) is 14.6 Å². The Labute approximate surface area is 151 Å². The Kier molecular flexibility index (Phi) is 5.18. The topological polar surface area (TPSA) is 110 Å². The maximum Gasteiger partial charge on any atom is 0.263 e. The quantitative estimate of drug-likeness (QED) is 0.762. The summed E-state index contributed by atoms with van der Waals surface area (Å²) >= 11 is 0. The molecule has 26 heavy (non-hydrogen) atoms. The summed E-state index contributed by atoms with van der Waals surface area (Å²) in [6.07, 6.45) is 5.89. The van der Waals surface area contributed by atoms with E-state index in [-0.39, 0.29) is 23.3 Å². The minimum atomic E-state index is -0.506. The van der Waals surface area contributed by atoms with Crippen LogP contribution in [0.1, 0.15) is 35.2 Å². The van der Waals surface area contributed by atoms with Crippen LogP contribution in [-0.4, -0.2) is 36.9 Å². The summed E-state index contributed by atoms with van der Waals surface area (Å²) in [6, 6.07) is 5.54. The molecule has 1 aromatic carbocycles. The molecule has 1 aromatic heterocycles. The number of carbonyl (C=O) groups is 1. The van der Waals surface area contributed by atoms with E-state index in [0.29, 0.717) is 17.4 Å². The van der Waals surface area contributed by atoms with Crippen molar-refractivity contribution < 1.29 is 9.53 Å². The van der Waals surface area contributed by atoms with Crippen molar-refractivity contribution >= 4 is 28.7 Å². The first-order chi connectivity index (χ1) is 12.6. The molecule has 2 heterocycles. The minimum Gasteiger partial charge on any atom is -0.397 e. The average Bonchev–Trinajstić information content (AvgIpc) is 2.66. The van der Waals surface area contributed by atoms with Crippen LogP contribution in [0.15, 0.2) is 40.3 Å². The fourth-order valence-electron chi connectivity index (χ4n) is 3.16. The number of ether oxygens (including phenoxy) is 1. The Balaban J connectivity index is 2.15. The number of rotatable bonds is 5. The molecule has 1 aliphatic rings. The first-order valence-corrected chi connectivity index (χ1v) is 8.53. The number of para-hydroxylation sites is 1. The fourth-order valence-corrected chi connectivity index (χ4v) is 3.16. The van der Waals surface area contributed by atoms with Crippen LogP contribution in [0.25, 0.3) is 10.9 Å². The highest BCUT2D eigenvalue weighted by Crippen LogP contribution is 2.31. The molecule has 1 aliphatic heterocycles. The van der Waals surface area contributed by atoms with Gasteiger partial charge in [-0.25, -0.2) is 0 Å². The Morgan fingerprint density at radius 1 is 1.42 bits per heavy atom. The van der Waals surface area contributed by atoms with E-state index in [1.807, 2.05) is 25.1 Å². The van der Waals surface area contributed by atoms with E-state index in [0.717, 1.165) is 12.0 Å². The highest BCUT2D eigenvalue weighted by Gasteiger charge is 2.25. The third-order valence-corrected chi connectivity index (χ3v) is 4.48. The molecular weight excluding hydrogens is 332 g/mol. The zero-order chi connectivity index (χ0) is 18.7. The lowest BCUT2D eigenvalue weighted by Gasteiger charge is -2.23. The summed E-state index contributed by atoms with van der Waals surface area (Å²) in [6.45, 7) is 2.42. The van der Waals surface area contributed by atoms with E-state index >= 15 is 0 Å². The van der Waals surface area contributed by atoms with Crippen molar-refractivity contribution in [3.8, 4) is 0 Å². The Bertz CT molecular complexity index is 946. The molecule has 4 N–H and O–H groups in total. The highest BCUT2D eigenvalue weighted by atomic mass is 16.5. The Morgan fingerprint density at radius 3 is 2.96 bits per heavy atom. The molecule has 2 unspecified atom stereocenters. The number of pyridine rings is 1. The summed E-state index contributed by atoms with van der Waals surface area (Å²) in [5, 5.41) is 3.33. The smallest absolute Gasteiger partial charge is 0.263 e. The number of amides is 1. The molecule has 0 aliphatic carbocycles. The molecule has 3 rings (SSSR count). The van der Waals surface area contributed by atoms with E-state index in [9.17, 15) is 9.59 Å². The number of benzene rings is 1. The number of carbonyl (C=O) groups excluding carboxylic acids is 1. The van der Waals surface area contributed by atoms with Gasteiger partial charge in [-0.1, -0.05) is 25.1 Å². The molecule has 0 fully saturated rings. The number of nitrogens with one attached hydrogen (secondary N) is 2. The molecule has 0 saturated heterocycles. The number of nitrogens with two attached hydrogens (primary N) is 1. The lowest BCUT2D eigenvalue weighted by molar-refractivity contribution is 0.0953. The molecule has 0 saturated carbocycles. The third kappa shape index (κ3) is 3.13. The lowest BCUT2D eigenvalue weighted by Crippen LogP contribution is -2.31. The van der Waals surface area contributed by atoms with Gasteiger partial charge in [0.25, 0.3) is 11.5 Å². The van der Waals surface area contributed by atoms with E-state index in [1.165, 1.54) is 0 Å². The van der Waals surface area contributed by atoms with Gasteiger partial charge in [0.2, 0.25) is 0 Å². The maximum atomic E-state index is 12.6. The predicted molar refractivity (Wildman–Crippen MR) is 103 cm³/mol. The standard InChI is InChI=1S/C19H22N4O3/c1-3-8-22-18(24)15-16(20)12-6-4-5-11(17(12)23-19(15)25)13-10-21-9-7-14(13)26-2/h4-7,9-10,13-14H,3,8H2,1-2H3,(H,22,24)(H3,20,23,25). The van der Waals surface area contributed by atoms with Crippen LogP contribution in [0, 0.1) is 0 Å². The number of fused-ring (bicyclic) bond motifs is 1. The molecule has 0 spiro atoms. The number of aliphatic imine (C=N–C) groups is 1. The van der Waals surface area contributed by atoms with Gasteiger partial charge in [-0.05, 0) is 18.1 Å². The second-order valence-corrected chi connectivity index (χ2v) is 6.13. The van der Waals surface area contributed by atoms with Crippen LogP contribution in [0.4, 0.5) is 5.69 Å². The van der Waals surface area contributed by atoms with Crippen molar-refractivity contribution in [2.45, 2.75) is 25.4 Å². The van der Waals surface area contributed by atoms with Gasteiger partial charge >= 0.3 is 0 Å². The molecule has 7 nitrogen and oxygen atoms in total. The van der Waals surface area contributed by atoms with Gasteiger partial charge in [0.1, 0.15) is 5.56 Å². The van der Waals surface area contributed by atoms with Gasteiger partial charge < -0.3 is 20.8 Å². The number of methoxy groups -OCH3 is 1. The van der Waals surface area contributed by atoms with Crippen molar-refractivity contribution in [2.24, 2.45) is 4.99 Å². The zero-order valence-corrected chi connectivity index (χ0v) is 14.8. The number of hydrogen-bond acceptors (Lipinski definition) is 5. The van der Waals surface area contributed by atoms with Gasteiger partial charge in [-0.15, -0.1) is 0 Å². The molecule has 2 aromatic rings. The van der Waals surface area contributed by atoms with E-state index in [4.69, 9.17) is 10.5 Å². The van der Waals surface area contributed by atoms with E-state index in [2.05, 4.69) is 15.3 Å². The summed E-state index contributed by atoms with van der Waals surface area (Å²) in [4.78, 5) is 31.9. The molecule has 136 valence electrons. The highest BCUT2D eigenvalue weighted by molar-refractivity contribution is 6.07. The zero-order valence-electron chi connectivity index (χ0n) is 14.8. The van der Waals surface area contributed by atoms with Gasteiger partial charge in [-0.2, -0.15) is 0 Å². The largest absolute Gasteiger partial charge is 0.397 e. The molecule has 2 atom stereocenters. The minimum absolute atomic E-state index is 0.0522. The predicted octanol–water partition coefficient (Wildman–Crippen LogP) is 1.95. The van der Waals surface area contributed by atoms with Crippen LogP contribution in [-0.2, 0) is 4.74 Å². The van der Waals surface area contributed by atoms with Crippen molar-refractivity contribution in [3.05, 3.63) is 52.0 Å². The normalized spacial score (nSPS) is 19.0. The van der Waals surface area contributed by atoms with E-state index in [1.54, 1.807) is 25.6 Å². The monoisotopic (exact) mass is 354 g/mol. The maximum absolute atomic E-state index is 12.6. The van der Waals surface area contributed by atoms with Crippen molar-refractivity contribution in [1.82, 2.24) is 10.3 Å². The van der Waals surface area contributed by atoms with Gasteiger partial charge in [0.05, 0.1) is 23.2 Å². The molecule has 1 amide bonds. The van der Waals surface area contributed by atoms with Crippen LogP contribution < -0.4 is 16.6 Å². The first kappa shape index (κ1) is 17.9. The summed E-state index contributed by atoms with van der Waals surface area (Å²) in [7, 11) is 1.62. The number of hydrogen-bond donors (Lipinski definition) is 3. The van der Waals surface area contributed by atoms with E-state index < -0.39 is 11.5 Å². The number of nitrogens with zero attached hydrogens (tertiary/aromatic N) is 1. The van der Waals surface area contributed by atoms with Crippen molar-refractivity contribution in [3.63, 3.8) is 0 Å². The van der Waals surface area contributed by atoms with Gasteiger partial charge in [0, 0.05) is 31.5 Å². The lowest BCUT2D eigenvalue weighted by atomic mass is 9.90. The number of nitrogen functional groups attached to an aromatic ring is 1. The number of aromatic amines is 1. The first-order valence-electron chi connectivity index (χ1n) is 8.53. The van der Waals surface area contributed by atoms with Gasteiger partial charge in [0.15, 0.2) is 0 Å². The Hall–Kier alpha value is -2.93. The molecule has 0 radical (unpaired) electrons. The third-order valence-electron chi connectivity index (χ3n) is 4.48. The number of H-pyrrole nitrogens is 1.